The van der Waals surface area contributed by atoms with Crippen molar-refractivity contribution in [3.05, 3.63) is 44.7 Å². The summed E-state index contributed by atoms with van der Waals surface area (Å²) >= 11 is 1.65. The lowest BCUT2D eigenvalue weighted by Gasteiger charge is -2.30. The summed E-state index contributed by atoms with van der Waals surface area (Å²) in [5.74, 6) is -1.23. The van der Waals surface area contributed by atoms with E-state index < -0.39 is 5.97 Å². The van der Waals surface area contributed by atoms with Gasteiger partial charge < -0.3 is 10.0 Å². The second kappa shape index (κ2) is 6.32. The molecule has 0 aromatic carbocycles. The van der Waals surface area contributed by atoms with Gasteiger partial charge >= 0.3 is 5.97 Å². The van der Waals surface area contributed by atoms with Crippen molar-refractivity contribution in [2.45, 2.75) is 39.2 Å². The first kappa shape index (κ1) is 16.6. The molecule has 2 aromatic heterocycles. The first-order valence-corrected chi connectivity index (χ1v) is 8.64. The number of hydrogen-bond acceptors (Lipinski definition) is 5. The molecule has 0 aliphatic heterocycles. The predicted molar refractivity (Wildman–Crippen MR) is 90.6 cm³/mol. The molecule has 2 heterocycles. The standard InChI is InChI=1S/C17H19N3O3S/c1-9-11(17(22)23)7-8-13(18-9)16(21)20(3)14-6-4-5-12-15(14)24-10(2)19-12/h7-8,14H,4-6H2,1-3H3,(H,22,23)/t14-/m1/s1. The van der Waals surface area contributed by atoms with Gasteiger partial charge in [0.25, 0.3) is 5.91 Å². The summed E-state index contributed by atoms with van der Waals surface area (Å²) in [7, 11) is 1.78. The highest BCUT2D eigenvalue weighted by Crippen LogP contribution is 2.37. The Morgan fingerprint density at radius 3 is 2.71 bits per heavy atom. The molecule has 0 bridgehead atoms. The van der Waals surface area contributed by atoms with E-state index in [1.807, 2.05) is 6.92 Å². The van der Waals surface area contributed by atoms with Crippen LogP contribution in [0.2, 0.25) is 0 Å². The summed E-state index contributed by atoms with van der Waals surface area (Å²) in [6.07, 6.45) is 2.87. The summed E-state index contributed by atoms with van der Waals surface area (Å²) in [5, 5.41) is 10.1. The van der Waals surface area contributed by atoms with Gasteiger partial charge in [-0.1, -0.05) is 0 Å². The van der Waals surface area contributed by atoms with E-state index in [2.05, 4.69) is 9.97 Å². The molecule has 0 fully saturated rings. The van der Waals surface area contributed by atoms with E-state index in [4.69, 9.17) is 5.11 Å². The molecule has 6 nitrogen and oxygen atoms in total. The molecule has 1 aliphatic carbocycles. The summed E-state index contributed by atoms with van der Waals surface area (Å²) in [6, 6.07) is 2.93. The maximum Gasteiger partial charge on any atom is 0.337 e. The largest absolute Gasteiger partial charge is 0.478 e. The molecular weight excluding hydrogens is 326 g/mol. The van der Waals surface area contributed by atoms with Crippen LogP contribution in [0.4, 0.5) is 0 Å². The maximum atomic E-state index is 12.8. The molecule has 0 saturated heterocycles. The van der Waals surface area contributed by atoms with Crippen molar-refractivity contribution in [3.63, 3.8) is 0 Å². The van der Waals surface area contributed by atoms with Gasteiger partial charge in [-0.15, -0.1) is 11.3 Å². The second-order valence-corrected chi connectivity index (χ2v) is 7.24. The van der Waals surface area contributed by atoms with E-state index in [1.165, 1.54) is 12.1 Å². The van der Waals surface area contributed by atoms with Gasteiger partial charge in [0, 0.05) is 7.05 Å². The molecule has 7 heteroatoms. The number of carbonyl (C=O) groups excluding carboxylic acids is 1. The summed E-state index contributed by atoms with van der Waals surface area (Å²) < 4.78 is 0. The number of hydrogen-bond donors (Lipinski definition) is 1. The minimum Gasteiger partial charge on any atom is -0.478 e. The van der Waals surface area contributed by atoms with Crippen molar-refractivity contribution in [3.8, 4) is 0 Å². The van der Waals surface area contributed by atoms with Crippen LogP contribution in [-0.4, -0.2) is 38.9 Å². The zero-order chi connectivity index (χ0) is 17.4. The summed E-state index contributed by atoms with van der Waals surface area (Å²) in [6.45, 7) is 3.59. The van der Waals surface area contributed by atoms with Crippen LogP contribution in [0, 0.1) is 13.8 Å². The second-order valence-electron chi connectivity index (χ2n) is 6.00. The molecule has 0 spiro atoms. The lowest BCUT2D eigenvalue weighted by atomic mass is 9.96. The number of pyridine rings is 1. The van der Waals surface area contributed by atoms with Gasteiger partial charge in [0.1, 0.15) is 5.69 Å². The molecule has 1 aliphatic rings. The van der Waals surface area contributed by atoms with Gasteiger partial charge in [0.2, 0.25) is 0 Å². The predicted octanol–water partition coefficient (Wildman–Crippen LogP) is 3.00. The molecule has 3 rings (SSSR count). The fourth-order valence-corrected chi connectivity index (χ4v) is 4.27. The smallest absolute Gasteiger partial charge is 0.337 e. The van der Waals surface area contributed by atoms with E-state index >= 15 is 0 Å². The minimum atomic E-state index is -1.04. The van der Waals surface area contributed by atoms with Gasteiger partial charge in [-0.2, -0.15) is 0 Å². The number of nitrogens with zero attached hydrogens (tertiary/aromatic N) is 3. The van der Waals surface area contributed by atoms with Crippen LogP contribution in [0.25, 0.3) is 0 Å². The highest BCUT2D eigenvalue weighted by atomic mass is 32.1. The number of aromatic nitrogens is 2. The maximum absolute atomic E-state index is 12.8. The Kier molecular flexibility index (Phi) is 4.36. The molecule has 0 saturated carbocycles. The van der Waals surface area contributed by atoms with Gasteiger partial charge in [0.05, 0.1) is 32.9 Å². The molecule has 2 aromatic rings. The number of carboxylic acids is 1. The monoisotopic (exact) mass is 345 g/mol. The lowest BCUT2D eigenvalue weighted by Crippen LogP contribution is -2.33. The van der Waals surface area contributed by atoms with Crippen molar-refractivity contribution in [2.75, 3.05) is 7.05 Å². The molecular formula is C17H19N3O3S. The van der Waals surface area contributed by atoms with Gasteiger partial charge in [-0.25, -0.2) is 14.8 Å². The third-order valence-corrected chi connectivity index (χ3v) is 5.47. The van der Waals surface area contributed by atoms with Crippen LogP contribution in [-0.2, 0) is 6.42 Å². The van der Waals surface area contributed by atoms with Gasteiger partial charge in [0.15, 0.2) is 0 Å². The Bertz CT molecular complexity index is 815. The van der Waals surface area contributed by atoms with Crippen molar-refractivity contribution in [2.24, 2.45) is 0 Å². The molecule has 0 radical (unpaired) electrons. The molecule has 24 heavy (non-hydrogen) atoms. The number of amides is 1. The zero-order valence-electron chi connectivity index (χ0n) is 13.9. The average Bonchev–Trinajstić information content (AvgIpc) is 2.93. The molecule has 0 unspecified atom stereocenters. The van der Waals surface area contributed by atoms with Crippen LogP contribution >= 0.6 is 11.3 Å². The van der Waals surface area contributed by atoms with E-state index in [-0.39, 0.29) is 23.2 Å². The Morgan fingerprint density at radius 2 is 2.04 bits per heavy atom. The molecule has 1 N–H and O–H groups in total. The van der Waals surface area contributed by atoms with E-state index in [1.54, 1.807) is 30.2 Å². The number of aromatic carboxylic acids is 1. The SMILES string of the molecule is Cc1nc2c(s1)[C@H](N(C)C(=O)c1ccc(C(=O)O)c(C)n1)CCC2. The number of carboxylic acid groups (broad SMARTS) is 1. The highest BCUT2D eigenvalue weighted by Gasteiger charge is 2.30. The normalized spacial score (nSPS) is 16.5. The van der Waals surface area contributed by atoms with E-state index in [0.717, 1.165) is 34.8 Å². The van der Waals surface area contributed by atoms with Crippen LogP contribution in [0.5, 0.6) is 0 Å². The van der Waals surface area contributed by atoms with Crippen molar-refractivity contribution in [1.29, 1.82) is 0 Å². The van der Waals surface area contributed by atoms with E-state index in [0.29, 0.717) is 5.69 Å². The third kappa shape index (κ3) is 2.91. The Balaban J connectivity index is 1.88. The molecule has 1 amide bonds. The number of carbonyl (C=O) groups is 2. The van der Waals surface area contributed by atoms with Crippen molar-refractivity contribution in [1.82, 2.24) is 14.9 Å². The van der Waals surface area contributed by atoms with E-state index in [9.17, 15) is 9.59 Å². The van der Waals surface area contributed by atoms with Crippen LogP contribution in [0.3, 0.4) is 0 Å². The minimum absolute atomic E-state index is 0.00806. The first-order chi connectivity index (χ1) is 11.4. The fourth-order valence-electron chi connectivity index (χ4n) is 3.12. The van der Waals surface area contributed by atoms with Crippen LogP contribution < -0.4 is 0 Å². The summed E-state index contributed by atoms with van der Waals surface area (Å²) in [4.78, 5) is 35.5. The third-order valence-electron chi connectivity index (χ3n) is 4.35. The molecule has 1 atom stereocenters. The highest BCUT2D eigenvalue weighted by molar-refractivity contribution is 7.11. The number of fused-ring (bicyclic) bond motifs is 1. The van der Waals surface area contributed by atoms with Crippen LogP contribution in [0.1, 0.15) is 61.0 Å². The first-order valence-electron chi connectivity index (χ1n) is 7.82. The number of aryl methyl sites for hydroxylation is 3. The van der Waals surface area contributed by atoms with Gasteiger partial charge in [-0.05, 0) is 45.2 Å². The number of rotatable bonds is 3. The lowest BCUT2D eigenvalue weighted by molar-refractivity contribution is 0.0686. The zero-order valence-corrected chi connectivity index (χ0v) is 14.7. The van der Waals surface area contributed by atoms with Crippen molar-refractivity contribution < 1.29 is 14.7 Å². The number of thiazole rings is 1. The topological polar surface area (TPSA) is 83.4 Å². The Morgan fingerprint density at radius 1 is 1.29 bits per heavy atom. The summed E-state index contributed by atoms with van der Waals surface area (Å²) in [5.41, 5.74) is 1.83. The molecule has 126 valence electrons. The fraction of sp³-hybridized carbons (Fsp3) is 0.412. The van der Waals surface area contributed by atoms with Crippen molar-refractivity contribution >= 4 is 23.2 Å². The quantitative estimate of drug-likeness (QED) is 0.924. The average molecular weight is 345 g/mol. The Labute approximate surface area is 144 Å². The van der Waals surface area contributed by atoms with Crippen LogP contribution in [0.15, 0.2) is 12.1 Å². The van der Waals surface area contributed by atoms with Gasteiger partial charge in [-0.3, -0.25) is 4.79 Å². The Hall–Kier alpha value is -2.28.